The molecule has 0 aliphatic rings. The number of hydrogen-bond donors (Lipinski definition) is 1. The maximum absolute atomic E-state index is 13.4. The maximum Gasteiger partial charge on any atom is 0.332 e. The third-order valence-electron chi connectivity index (χ3n) is 5.17. The number of thiazole rings is 1. The number of amides is 1. The highest BCUT2D eigenvalue weighted by atomic mass is 32.1. The summed E-state index contributed by atoms with van der Waals surface area (Å²) in [5.74, 6) is -0.359. The van der Waals surface area contributed by atoms with Crippen LogP contribution in [0.3, 0.4) is 0 Å². The molecular formula is C20H16FN7O3S. The molecule has 162 valence electrons. The zero-order chi connectivity index (χ0) is 22.6. The number of imidazole rings is 2. The normalized spacial score (nSPS) is 11.5. The molecule has 0 fully saturated rings. The Hall–Kier alpha value is -4.06. The summed E-state index contributed by atoms with van der Waals surface area (Å²) < 4.78 is 18.7. The molecule has 0 spiro atoms. The van der Waals surface area contributed by atoms with E-state index in [-0.39, 0.29) is 23.5 Å². The summed E-state index contributed by atoms with van der Waals surface area (Å²) in [5, 5.41) is 4.68. The molecule has 1 amide bonds. The SMILES string of the molecule is Cn1c(=O)c2c(ncn2CC(=O)Nc2c(-c3ccc(F)cc3)nc3sccn23)n(C)c1=O. The number of rotatable bonds is 4. The van der Waals surface area contributed by atoms with Crippen molar-refractivity contribution >= 4 is 39.2 Å². The third-order valence-corrected chi connectivity index (χ3v) is 5.93. The summed E-state index contributed by atoms with van der Waals surface area (Å²) in [4.78, 5) is 47.0. The molecule has 32 heavy (non-hydrogen) atoms. The minimum Gasteiger partial charge on any atom is -0.315 e. The van der Waals surface area contributed by atoms with Crippen molar-refractivity contribution in [3.63, 3.8) is 0 Å². The van der Waals surface area contributed by atoms with Gasteiger partial charge in [0.25, 0.3) is 5.56 Å². The number of nitrogens with zero attached hydrogens (tertiary/aromatic N) is 6. The van der Waals surface area contributed by atoms with Crippen LogP contribution in [0.4, 0.5) is 10.2 Å². The summed E-state index contributed by atoms with van der Waals surface area (Å²) in [6.45, 7) is -0.204. The predicted molar refractivity (Wildman–Crippen MR) is 117 cm³/mol. The largest absolute Gasteiger partial charge is 0.332 e. The number of aromatic nitrogens is 6. The van der Waals surface area contributed by atoms with Crippen LogP contribution in [-0.2, 0) is 25.4 Å². The quantitative estimate of drug-likeness (QED) is 0.445. The molecule has 4 heterocycles. The Kier molecular flexibility index (Phi) is 4.51. The number of nitrogens with one attached hydrogen (secondary N) is 1. The summed E-state index contributed by atoms with van der Waals surface area (Å²) in [6, 6.07) is 5.83. The van der Waals surface area contributed by atoms with Crippen molar-refractivity contribution in [2.45, 2.75) is 6.54 Å². The number of hydrogen-bond acceptors (Lipinski definition) is 6. The van der Waals surface area contributed by atoms with Gasteiger partial charge in [-0.15, -0.1) is 11.3 Å². The van der Waals surface area contributed by atoms with Gasteiger partial charge in [-0.2, -0.15) is 0 Å². The molecule has 1 aromatic carbocycles. The first-order chi connectivity index (χ1) is 15.3. The summed E-state index contributed by atoms with van der Waals surface area (Å²) in [5.41, 5.74) is 0.457. The highest BCUT2D eigenvalue weighted by Gasteiger charge is 2.20. The number of benzene rings is 1. The van der Waals surface area contributed by atoms with E-state index in [9.17, 15) is 18.8 Å². The number of fused-ring (bicyclic) bond motifs is 2. The number of carbonyl (C=O) groups excluding carboxylic acids is 1. The van der Waals surface area contributed by atoms with Crippen LogP contribution < -0.4 is 16.6 Å². The summed E-state index contributed by atoms with van der Waals surface area (Å²) in [7, 11) is 2.88. The number of halogens is 1. The fraction of sp³-hybridized carbons (Fsp3) is 0.150. The second-order valence-corrected chi connectivity index (χ2v) is 8.04. The van der Waals surface area contributed by atoms with Crippen molar-refractivity contribution in [1.82, 2.24) is 28.1 Å². The van der Waals surface area contributed by atoms with E-state index < -0.39 is 17.2 Å². The molecule has 5 aromatic rings. The topological polar surface area (TPSA) is 108 Å². The van der Waals surface area contributed by atoms with Crippen LogP contribution in [0.2, 0.25) is 0 Å². The summed E-state index contributed by atoms with van der Waals surface area (Å²) >= 11 is 1.40. The van der Waals surface area contributed by atoms with Gasteiger partial charge in [-0.3, -0.25) is 23.1 Å². The highest BCUT2D eigenvalue weighted by molar-refractivity contribution is 7.15. The standard InChI is InChI=1S/C20H16FN7O3S/c1-25-17-15(18(30)26(2)20(25)31)27(10-22-17)9-13(29)23-16-14(11-3-5-12(21)6-4-11)24-19-28(16)7-8-32-19/h3-8,10H,9H2,1-2H3,(H,23,29). The molecule has 4 aromatic heterocycles. The number of carbonyl (C=O) groups is 1. The number of anilines is 1. The van der Waals surface area contributed by atoms with E-state index in [1.54, 1.807) is 22.7 Å². The van der Waals surface area contributed by atoms with Gasteiger partial charge >= 0.3 is 5.69 Å². The monoisotopic (exact) mass is 453 g/mol. The van der Waals surface area contributed by atoms with Crippen LogP contribution in [0.5, 0.6) is 0 Å². The van der Waals surface area contributed by atoms with Crippen molar-refractivity contribution in [3.8, 4) is 11.3 Å². The van der Waals surface area contributed by atoms with E-state index >= 15 is 0 Å². The molecule has 0 radical (unpaired) electrons. The minimum absolute atomic E-state index is 0.150. The number of aryl methyl sites for hydroxylation is 1. The van der Waals surface area contributed by atoms with Crippen molar-refractivity contribution in [2.24, 2.45) is 14.1 Å². The maximum atomic E-state index is 13.4. The predicted octanol–water partition coefficient (Wildman–Crippen LogP) is 1.59. The van der Waals surface area contributed by atoms with Gasteiger partial charge in [0.15, 0.2) is 16.1 Å². The van der Waals surface area contributed by atoms with Gasteiger partial charge in [0, 0.05) is 31.2 Å². The Morgan fingerprint density at radius 1 is 1.16 bits per heavy atom. The zero-order valence-electron chi connectivity index (χ0n) is 16.9. The van der Waals surface area contributed by atoms with Crippen molar-refractivity contribution in [3.05, 3.63) is 68.8 Å². The van der Waals surface area contributed by atoms with Gasteiger partial charge in [0.2, 0.25) is 5.91 Å². The van der Waals surface area contributed by atoms with Crippen molar-refractivity contribution < 1.29 is 9.18 Å². The third kappa shape index (κ3) is 3.03. The van der Waals surface area contributed by atoms with Crippen LogP contribution in [-0.4, -0.2) is 34.0 Å². The lowest BCUT2D eigenvalue weighted by molar-refractivity contribution is -0.116. The van der Waals surface area contributed by atoms with Gasteiger partial charge in [-0.25, -0.2) is 19.2 Å². The Morgan fingerprint density at radius 3 is 2.66 bits per heavy atom. The average molecular weight is 453 g/mol. The van der Waals surface area contributed by atoms with E-state index in [1.165, 1.54) is 53.0 Å². The van der Waals surface area contributed by atoms with Crippen LogP contribution >= 0.6 is 11.3 Å². The Bertz CT molecular complexity index is 1620. The van der Waals surface area contributed by atoms with Crippen LogP contribution in [0, 0.1) is 5.82 Å². The molecule has 0 atom stereocenters. The molecule has 0 saturated heterocycles. The lowest BCUT2D eigenvalue weighted by Gasteiger charge is -2.09. The smallest absolute Gasteiger partial charge is 0.315 e. The van der Waals surface area contributed by atoms with Gasteiger partial charge in [-0.1, -0.05) is 0 Å². The van der Waals surface area contributed by atoms with E-state index in [0.29, 0.717) is 22.0 Å². The molecule has 12 heteroatoms. The highest BCUT2D eigenvalue weighted by Crippen LogP contribution is 2.30. The average Bonchev–Trinajstić information content (AvgIpc) is 3.48. The molecule has 0 bridgehead atoms. The lowest BCUT2D eigenvalue weighted by Crippen LogP contribution is -2.37. The molecule has 10 nitrogen and oxygen atoms in total. The Labute approximate surface area is 182 Å². The van der Waals surface area contributed by atoms with E-state index in [1.807, 2.05) is 5.38 Å². The Balaban J connectivity index is 1.52. The zero-order valence-corrected chi connectivity index (χ0v) is 17.8. The van der Waals surface area contributed by atoms with Crippen LogP contribution in [0.1, 0.15) is 0 Å². The fourth-order valence-corrected chi connectivity index (χ4v) is 4.27. The van der Waals surface area contributed by atoms with E-state index in [0.717, 1.165) is 4.57 Å². The first-order valence-electron chi connectivity index (χ1n) is 9.47. The molecule has 0 saturated carbocycles. The van der Waals surface area contributed by atoms with Crippen LogP contribution in [0.25, 0.3) is 27.4 Å². The first kappa shape index (κ1) is 19.9. The Morgan fingerprint density at radius 2 is 1.91 bits per heavy atom. The van der Waals surface area contributed by atoms with E-state index in [2.05, 4.69) is 15.3 Å². The van der Waals surface area contributed by atoms with Gasteiger partial charge in [0.05, 0.1) is 6.33 Å². The first-order valence-corrected chi connectivity index (χ1v) is 10.4. The molecular weight excluding hydrogens is 437 g/mol. The molecule has 5 rings (SSSR count). The van der Waals surface area contributed by atoms with Crippen molar-refractivity contribution in [1.29, 1.82) is 0 Å². The van der Waals surface area contributed by atoms with Crippen molar-refractivity contribution in [2.75, 3.05) is 5.32 Å². The second kappa shape index (κ2) is 7.27. The fourth-order valence-electron chi connectivity index (χ4n) is 3.56. The minimum atomic E-state index is -0.537. The summed E-state index contributed by atoms with van der Waals surface area (Å²) in [6.07, 6.45) is 3.12. The second-order valence-electron chi connectivity index (χ2n) is 7.17. The van der Waals surface area contributed by atoms with E-state index in [4.69, 9.17) is 0 Å². The molecule has 0 unspecified atom stereocenters. The molecule has 0 aliphatic carbocycles. The molecule has 1 N–H and O–H groups in total. The van der Waals surface area contributed by atoms with Gasteiger partial charge in [0.1, 0.15) is 23.9 Å². The van der Waals surface area contributed by atoms with Crippen LogP contribution in [0.15, 0.2) is 51.8 Å². The molecule has 0 aliphatic heterocycles. The van der Waals surface area contributed by atoms with Gasteiger partial charge < -0.3 is 9.88 Å². The van der Waals surface area contributed by atoms with Gasteiger partial charge in [-0.05, 0) is 24.3 Å². The lowest BCUT2D eigenvalue weighted by atomic mass is 10.1.